The van der Waals surface area contributed by atoms with E-state index >= 15 is 0 Å². The Morgan fingerprint density at radius 1 is 1.17 bits per heavy atom. The molecule has 0 unspecified atom stereocenters. The van der Waals surface area contributed by atoms with Crippen LogP contribution in [0.15, 0.2) is 22.7 Å². The van der Waals surface area contributed by atoms with Gasteiger partial charge in [0.2, 0.25) is 0 Å². The molecule has 9 heteroatoms. The van der Waals surface area contributed by atoms with Gasteiger partial charge in [-0.2, -0.15) is 13.2 Å². The molecule has 1 aromatic rings. The SMILES string of the molecule is Cl.Cl.Fc1c(Br)cccc1[C@@H](CCC(F)(F)F)N1CCNCC1. The lowest BCUT2D eigenvalue weighted by Gasteiger charge is -2.35. The van der Waals surface area contributed by atoms with Crippen LogP contribution in [0.25, 0.3) is 0 Å². The predicted molar refractivity (Wildman–Crippen MR) is 91.1 cm³/mol. The predicted octanol–water partition coefficient (Wildman–Crippen LogP) is 4.72. The van der Waals surface area contributed by atoms with Gasteiger partial charge in [0.25, 0.3) is 0 Å². The van der Waals surface area contributed by atoms with Gasteiger partial charge in [-0.3, -0.25) is 4.90 Å². The first-order valence-corrected chi connectivity index (χ1v) is 7.63. The number of nitrogens with zero attached hydrogens (tertiary/aromatic N) is 1. The number of nitrogens with one attached hydrogen (secondary N) is 1. The molecule has 1 atom stereocenters. The first-order chi connectivity index (χ1) is 9.88. The third-order valence-electron chi connectivity index (χ3n) is 3.63. The molecular formula is C14H19BrCl2F4N2. The summed E-state index contributed by atoms with van der Waals surface area (Å²) in [6, 6.07) is 4.23. The van der Waals surface area contributed by atoms with Crippen molar-refractivity contribution in [3.05, 3.63) is 34.1 Å². The van der Waals surface area contributed by atoms with Crippen LogP contribution in [0.1, 0.15) is 24.4 Å². The lowest BCUT2D eigenvalue weighted by atomic mass is 9.98. The molecule has 0 aromatic heterocycles. The van der Waals surface area contributed by atoms with E-state index < -0.39 is 24.5 Å². The molecule has 23 heavy (non-hydrogen) atoms. The Bertz CT molecular complexity index is 482. The number of piperazine rings is 1. The minimum atomic E-state index is -4.23. The van der Waals surface area contributed by atoms with E-state index in [4.69, 9.17) is 0 Å². The summed E-state index contributed by atoms with van der Waals surface area (Å²) >= 11 is 3.10. The van der Waals surface area contributed by atoms with Gasteiger partial charge >= 0.3 is 6.18 Å². The largest absolute Gasteiger partial charge is 0.389 e. The van der Waals surface area contributed by atoms with Crippen LogP contribution >= 0.6 is 40.7 Å². The zero-order valence-corrected chi connectivity index (χ0v) is 15.4. The van der Waals surface area contributed by atoms with E-state index in [-0.39, 0.29) is 35.7 Å². The maximum atomic E-state index is 14.3. The van der Waals surface area contributed by atoms with Crippen LogP contribution in [0.5, 0.6) is 0 Å². The molecule has 0 aliphatic carbocycles. The summed E-state index contributed by atoms with van der Waals surface area (Å²) < 4.78 is 52.2. The fraction of sp³-hybridized carbons (Fsp3) is 0.571. The smallest absolute Gasteiger partial charge is 0.314 e. The second kappa shape index (κ2) is 10.0. The van der Waals surface area contributed by atoms with E-state index in [0.29, 0.717) is 31.7 Å². The highest BCUT2D eigenvalue weighted by atomic mass is 79.9. The van der Waals surface area contributed by atoms with Crippen molar-refractivity contribution in [3.8, 4) is 0 Å². The maximum absolute atomic E-state index is 14.3. The summed E-state index contributed by atoms with van der Waals surface area (Å²) in [4.78, 5) is 1.92. The number of alkyl halides is 3. The van der Waals surface area contributed by atoms with Crippen molar-refractivity contribution >= 4 is 40.7 Å². The Morgan fingerprint density at radius 2 is 1.78 bits per heavy atom. The number of hydrogen-bond acceptors (Lipinski definition) is 2. The monoisotopic (exact) mass is 440 g/mol. The van der Waals surface area contributed by atoms with E-state index in [1.165, 1.54) is 0 Å². The molecule has 2 nitrogen and oxygen atoms in total. The average molecular weight is 442 g/mol. The van der Waals surface area contributed by atoms with Crippen molar-refractivity contribution < 1.29 is 17.6 Å². The number of halogens is 7. The van der Waals surface area contributed by atoms with Crippen molar-refractivity contribution in [3.63, 3.8) is 0 Å². The van der Waals surface area contributed by atoms with Crippen molar-refractivity contribution in [1.82, 2.24) is 10.2 Å². The summed E-state index contributed by atoms with van der Waals surface area (Å²) in [6.07, 6.45) is -5.26. The van der Waals surface area contributed by atoms with Gasteiger partial charge in [0.1, 0.15) is 5.82 Å². The Labute approximate surface area is 153 Å². The molecule has 0 bridgehead atoms. The molecule has 1 aliphatic heterocycles. The third kappa shape index (κ3) is 6.74. The summed E-state index contributed by atoms with van der Waals surface area (Å²) in [6.45, 7) is 2.65. The zero-order chi connectivity index (χ0) is 15.5. The summed E-state index contributed by atoms with van der Waals surface area (Å²) in [5.41, 5.74) is 0.329. The van der Waals surface area contributed by atoms with Gasteiger partial charge in [0, 0.05) is 44.2 Å². The third-order valence-corrected chi connectivity index (χ3v) is 4.25. The molecule has 0 radical (unpaired) electrons. The Balaban J connectivity index is 0.00000242. The molecule has 134 valence electrons. The standard InChI is InChI=1S/C14H17BrF4N2.2ClH/c15-11-3-1-2-10(13(11)16)12(4-5-14(17,18)19)21-8-6-20-7-9-21;;/h1-3,12,20H,4-9H2;2*1H/t12-;;/m1../s1. The van der Waals surface area contributed by atoms with E-state index in [1.54, 1.807) is 18.2 Å². The van der Waals surface area contributed by atoms with Gasteiger partial charge in [-0.1, -0.05) is 12.1 Å². The molecule has 1 heterocycles. The summed E-state index contributed by atoms with van der Waals surface area (Å²) in [5.74, 6) is -0.469. The van der Waals surface area contributed by atoms with Crippen LogP contribution < -0.4 is 5.32 Å². The molecule has 1 aromatic carbocycles. The highest BCUT2D eigenvalue weighted by Crippen LogP contribution is 2.34. The van der Waals surface area contributed by atoms with Gasteiger partial charge in [0.05, 0.1) is 4.47 Å². The van der Waals surface area contributed by atoms with Crippen LogP contribution in [0.2, 0.25) is 0 Å². The second-order valence-corrected chi connectivity index (χ2v) is 5.95. The Hall–Kier alpha value is -0.0800. The number of hydrogen-bond donors (Lipinski definition) is 1. The first-order valence-electron chi connectivity index (χ1n) is 6.84. The maximum Gasteiger partial charge on any atom is 0.389 e. The van der Waals surface area contributed by atoms with Crippen LogP contribution in [0, 0.1) is 5.82 Å². The molecule has 2 rings (SSSR count). The fourth-order valence-electron chi connectivity index (χ4n) is 2.61. The lowest BCUT2D eigenvalue weighted by Crippen LogP contribution is -2.45. The van der Waals surface area contributed by atoms with Crippen LogP contribution in [-0.2, 0) is 0 Å². The van der Waals surface area contributed by atoms with Gasteiger partial charge in [-0.05, 0) is 28.4 Å². The van der Waals surface area contributed by atoms with E-state index in [9.17, 15) is 17.6 Å². The highest BCUT2D eigenvalue weighted by Gasteiger charge is 2.32. The normalized spacial score (nSPS) is 17.1. The number of benzene rings is 1. The number of rotatable bonds is 4. The first kappa shape index (κ1) is 22.9. The second-order valence-electron chi connectivity index (χ2n) is 5.10. The van der Waals surface area contributed by atoms with Gasteiger partial charge < -0.3 is 5.32 Å². The lowest BCUT2D eigenvalue weighted by molar-refractivity contribution is -0.138. The quantitative estimate of drug-likeness (QED) is 0.680. The Morgan fingerprint density at radius 3 is 2.35 bits per heavy atom. The molecule has 1 saturated heterocycles. The van der Waals surface area contributed by atoms with Crippen LogP contribution in [0.4, 0.5) is 17.6 Å². The van der Waals surface area contributed by atoms with E-state index in [1.807, 2.05) is 4.90 Å². The van der Waals surface area contributed by atoms with Gasteiger partial charge in [0.15, 0.2) is 0 Å². The van der Waals surface area contributed by atoms with Crippen molar-refractivity contribution in [2.24, 2.45) is 0 Å². The highest BCUT2D eigenvalue weighted by molar-refractivity contribution is 9.10. The van der Waals surface area contributed by atoms with Crippen molar-refractivity contribution in [1.29, 1.82) is 0 Å². The van der Waals surface area contributed by atoms with Crippen molar-refractivity contribution in [2.45, 2.75) is 25.1 Å². The minimum Gasteiger partial charge on any atom is -0.314 e. The zero-order valence-electron chi connectivity index (χ0n) is 12.2. The van der Waals surface area contributed by atoms with Crippen LogP contribution in [0.3, 0.4) is 0 Å². The molecule has 0 spiro atoms. The molecule has 1 N–H and O–H groups in total. The summed E-state index contributed by atoms with van der Waals surface area (Å²) in [5, 5.41) is 3.15. The van der Waals surface area contributed by atoms with E-state index in [2.05, 4.69) is 21.2 Å². The average Bonchev–Trinajstić information content (AvgIpc) is 2.43. The topological polar surface area (TPSA) is 15.3 Å². The van der Waals surface area contributed by atoms with Gasteiger partial charge in [-0.25, -0.2) is 4.39 Å². The molecule has 0 amide bonds. The molecule has 0 saturated carbocycles. The summed E-state index contributed by atoms with van der Waals surface area (Å²) in [7, 11) is 0. The van der Waals surface area contributed by atoms with E-state index in [0.717, 1.165) is 0 Å². The molecule has 1 fully saturated rings. The Kier molecular flexibility index (Phi) is 10.00. The van der Waals surface area contributed by atoms with Crippen LogP contribution in [-0.4, -0.2) is 37.3 Å². The molecular weight excluding hydrogens is 423 g/mol. The van der Waals surface area contributed by atoms with Gasteiger partial charge in [-0.15, -0.1) is 24.8 Å². The fourth-order valence-corrected chi connectivity index (χ4v) is 2.99. The van der Waals surface area contributed by atoms with Crippen molar-refractivity contribution in [2.75, 3.05) is 26.2 Å². The molecule has 1 aliphatic rings. The minimum absolute atomic E-state index is 0.